The van der Waals surface area contributed by atoms with Crippen LogP contribution in [0.5, 0.6) is 28.7 Å². The molecule has 0 bridgehead atoms. The summed E-state index contributed by atoms with van der Waals surface area (Å²) < 4.78 is 27.8. The molecule has 0 unspecified atom stereocenters. The van der Waals surface area contributed by atoms with Crippen molar-refractivity contribution in [1.82, 2.24) is 9.80 Å². The molecule has 1 saturated heterocycles. The first kappa shape index (κ1) is 22.2. The van der Waals surface area contributed by atoms with Crippen molar-refractivity contribution in [1.29, 1.82) is 0 Å². The Labute approximate surface area is 196 Å². The van der Waals surface area contributed by atoms with Gasteiger partial charge < -0.3 is 28.6 Å². The molecule has 0 aliphatic carbocycles. The van der Waals surface area contributed by atoms with E-state index < -0.39 is 0 Å². The van der Waals surface area contributed by atoms with Gasteiger partial charge in [-0.15, -0.1) is 0 Å². The minimum Gasteiger partial charge on any atom is -0.493 e. The number of ether oxygens (including phenoxy) is 5. The molecule has 3 aliphatic rings. The lowest BCUT2D eigenvalue weighted by Crippen LogP contribution is -2.49. The zero-order valence-corrected chi connectivity index (χ0v) is 19.7. The van der Waals surface area contributed by atoms with Crippen molar-refractivity contribution in [2.75, 3.05) is 53.8 Å². The number of rotatable bonds is 8. The lowest BCUT2D eigenvalue weighted by molar-refractivity contribution is 0.0844. The number of hydrogen-bond acceptors (Lipinski definition) is 7. The highest BCUT2D eigenvalue weighted by molar-refractivity contribution is 5.48. The summed E-state index contributed by atoms with van der Waals surface area (Å²) in [7, 11) is 3.41. The Bertz CT molecular complexity index is 966. The monoisotopic (exact) mass is 454 g/mol. The van der Waals surface area contributed by atoms with Gasteiger partial charge in [0.15, 0.2) is 23.0 Å². The third kappa shape index (κ3) is 4.99. The van der Waals surface area contributed by atoms with E-state index in [0.29, 0.717) is 19.4 Å². The Morgan fingerprint density at radius 2 is 1.79 bits per heavy atom. The van der Waals surface area contributed by atoms with Crippen molar-refractivity contribution in [3.05, 3.63) is 41.5 Å². The van der Waals surface area contributed by atoms with Crippen molar-refractivity contribution < 1.29 is 23.7 Å². The van der Waals surface area contributed by atoms with Gasteiger partial charge in [0.05, 0.1) is 20.8 Å². The SMILES string of the molecule is COc1cc2c(cc1OC)CN([C@H]1CCCN(CCCOc3ccc4c(c3)OCO4)C1)CC2. The van der Waals surface area contributed by atoms with E-state index in [-0.39, 0.29) is 0 Å². The fourth-order valence-corrected chi connectivity index (χ4v) is 5.19. The minimum absolute atomic E-state index is 0.291. The highest BCUT2D eigenvalue weighted by atomic mass is 16.7. The molecule has 33 heavy (non-hydrogen) atoms. The van der Waals surface area contributed by atoms with Crippen molar-refractivity contribution in [2.45, 2.75) is 38.3 Å². The van der Waals surface area contributed by atoms with Crippen LogP contribution >= 0.6 is 0 Å². The summed E-state index contributed by atoms with van der Waals surface area (Å²) >= 11 is 0. The molecule has 0 aromatic heterocycles. The molecular formula is C26H34N2O5. The minimum atomic E-state index is 0.291. The van der Waals surface area contributed by atoms with Crippen LogP contribution in [0.4, 0.5) is 0 Å². The molecule has 5 rings (SSSR count). The van der Waals surface area contributed by atoms with Gasteiger partial charge in [0.2, 0.25) is 6.79 Å². The average molecular weight is 455 g/mol. The smallest absolute Gasteiger partial charge is 0.231 e. The predicted octanol–water partition coefficient (Wildman–Crippen LogP) is 3.72. The van der Waals surface area contributed by atoms with Gasteiger partial charge in [-0.05, 0) is 67.6 Å². The topological polar surface area (TPSA) is 52.6 Å². The maximum absolute atomic E-state index is 5.95. The third-order valence-corrected chi connectivity index (χ3v) is 6.98. The molecule has 0 saturated carbocycles. The normalized spacial score (nSPS) is 20.4. The van der Waals surface area contributed by atoms with E-state index in [1.165, 1.54) is 30.5 Å². The summed E-state index contributed by atoms with van der Waals surface area (Å²) in [6.45, 7) is 6.47. The summed E-state index contributed by atoms with van der Waals surface area (Å²) in [6.07, 6.45) is 4.60. The van der Waals surface area contributed by atoms with Gasteiger partial charge in [0.1, 0.15) is 5.75 Å². The molecule has 7 heteroatoms. The van der Waals surface area contributed by atoms with E-state index in [1.807, 2.05) is 18.2 Å². The standard InChI is InChI=1S/C26H34N2O5/c1-29-24-13-19-8-11-28(16-20(19)14-25(24)30-2)21-5-3-9-27(17-21)10-4-12-31-22-6-7-23-26(15-22)33-18-32-23/h6-7,13-15,21H,3-5,8-12,16-18H2,1-2H3/t21-/m0/s1. The molecule has 1 atom stereocenters. The van der Waals surface area contributed by atoms with Crippen molar-refractivity contribution >= 4 is 0 Å². The van der Waals surface area contributed by atoms with E-state index in [2.05, 4.69) is 21.9 Å². The first-order chi connectivity index (χ1) is 16.2. The Kier molecular flexibility index (Phi) is 6.78. The van der Waals surface area contributed by atoms with Gasteiger partial charge in [-0.25, -0.2) is 0 Å². The zero-order valence-electron chi connectivity index (χ0n) is 19.7. The molecule has 3 aliphatic heterocycles. The second-order valence-corrected chi connectivity index (χ2v) is 9.01. The molecule has 0 N–H and O–H groups in total. The molecule has 2 aromatic rings. The largest absolute Gasteiger partial charge is 0.493 e. The number of fused-ring (bicyclic) bond motifs is 2. The molecule has 0 spiro atoms. The van der Waals surface area contributed by atoms with Crippen LogP contribution in [0.15, 0.2) is 30.3 Å². The fraction of sp³-hybridized carbons (Fsp3) is 0.538. The number of hydrogen-bond donors (Lipinski definition) is 0. The first-order valence-corrected chi connectivity index (χ1v) is 12.0. The summed E-state index contributed by atoms with van der Waals surface area (Å²) in [5, 5.41) is 0. The Morgan fingerprint density at radius 1 is 0.970 bits per heavy atom. The van der Waals surface area contributed by atoms with Gasteiger partial charge in [-0.2, -0.15) is 0 Å². The van der Waals surface area contributed by atoms with Gasteiger partial charge in [-0.3, -0.25) is 4.90 Å². The number of benzene rings is 2. The fourth-order valence-electron chi connectivity index (χ4n) is 5.19. The van der Waals surface area contributed by atoms with E-state index in [9.17, 15) is 0 Å². The van der Waals surface area contributed by atoms with Crippen LogP contribution in [-0.2, 0) is 13.0 Å². The maximum atomic E-state index is 5.95. The predicted molar refractivity (Wildman–Crippen MR) is 126 cm³/mol. The Balaban J connectivity index is 1.11. The second-order valence-electron chi connectivity index (χ2n) is 9.01. The van der Waals surface area contributed by atoms with Crippen molar-refractivity contribution in [3.8, 4) is 28.7 Å². The lowest BCUT2D eigenvalue weighted by Gasteiger charge is -2.41. The van der Waals surface area contributed by atoms with E-state index in [4.69, 9.17) is 23.7 Å². The van der Waals surface area contributed by atoms with Gasteiger partial charge in [-0.1, -0.05) is 0 Å². The van der Waals surface area contributed by atoms with Crippen LogP contribution in [0.3, 0.4) is 0 Å². The molecule has 7 nitrogen and oxygen atoms in total. The molecule has 0 radical (unpaired) electrons. The van der Waals surface area contributed by atoms with E-state index >= 15 is 0 Å². The molecule has 178 valence electrons. The first-order valence-electron chi connectivity index (χ1n) is 12.0. The number of nitrogens with zero attached hydrogens (tertiary/aromatic N) is 2. The quantitative estimate of drug-likeness (QED) is 0.564. The summed E-state index contributed by atoms with van der Waals surface area (Å²) in [6, 6.07) is 10.7. The summed E-state index contributed by atoms with van der Waals surface area (Å²) in [5.41, 5.74) is 2.75. The van der Waals surface area contributed by atoms with Crippen LogP contribution < -0.4 is 23.7 Å². The lowest BCUT2D eigenvalue weighted by atomic mass is 9.95. The Hall–Kier alpha value is -2.64. The second kappa shape index (κ2) is 10.1. The van der Waals surface area contributed by atoms with Crippen LogP contribution in [-0.4, -0.2) is 69.6 Å². The number of likely N-dealkylation sites (tertiary alicyclic amines) is 1. The highest BCUT2D eigenvalue weighted by Gasteiger charge is 2.28. The highest BCUT2D eigenvalue weighted by Crippen LogP contribution is 2.36. The molecular weight excluding hydrogens is 420 g/mol. The molecule has 2 aromatic carbocycles. The van der Waals surface area contributed by atoms with Crippen LogP contribution in [0.1, 0.15) is 30.4 Å². The van der Waals surface area contributed by atoms with Gasteiger partial charge in [0, 0.05) is 38.3 Å². The van der Waals surface area contributed by atoms with Gasteiger partial charge >= 0.3 is 0 Å². The van der Waals surface area contributed by atoms with Crippen molar-refractivity contribution in [3.63, 3.8) is 0 Å². The van der Waals surface area contributed by atoms with Crippen LogP contribution in [0.2, 0.25) is 0 Å². The molecule has 3 heterocycles. The van der Waals surface area contributed by atoms with E-state index in [1.54, 1.807) is 14.2 Å². The Morgan fingerprint density at radius 3 is 2.64 bits per heavy atom. The van der Waals surface area contributed by atoms with Crippen molar-refractivity contribution in [2.24, 2.45) is 0 Å². The van der Waals surface area contributed by atoms with Crippen LogP contribution in [0, 0.1) is 0 Å². The zero-order chi connectivity index (χ0) is 22.6. The molecule has 0 amide bonds. The van der Waals surface area contributed by atoms with Crippen LogP contribution in [0.25, 0.3) is 0 Å². The van der Waals surface area contributed by atoms with E-state index in [0.717, 1.165) is 67.8 Å². The van der Waals surface area contributed by atoms with Gasteiger partial charge in [0.25, 0.3) is 0 Å². The molecule has 1 fully saturated rings. The number of piperidine rings is 1. The third-order valence-electron chi connectivity index (χ3n) is 6.98. The summed E-state index contributed by atoms with van der Waals surface area (Å²) in [5.74, 6) is 4.06. The average Bonchev–Trinajstić information content (AvgIpc) is 3.33. The number of methoxy groups -OCH3 is 2. The summed E-state index contributed by atoms with van der Waals surface area (Å²) in [4.78, 5) is 5.25. The maximum Gasteiger partial charge on any atom is 0.231 e.